The van der Waals surface area contributed by atoms with Crippen LogP contribution in [-0.2, 0) is 14.1 Å². The lowest BCUT2D eigenvalue weighted by Crippen LogP contribution is -2.47. The van der Waals surface area contributed by atoms with Crippen molar-refractivity contribution in [2.24, 2.45) is 5.41 Å². The first kappa shape index (κ1) is 19.0. The van der Waals surface area contributed by atoms with Crippen LogP contribution in [0.2, 0.25) is 5.15 Å². The molecule has 0 bridgehead atoms. The fourth-order valence-electron chi connectivity index (χ4n) is 3.10. The Hall–Kier alpha value is -2.35. The van der Waals surface area contributed by atoms with Crippen LogP contribution in [0.5, 0.6) is 5.75 Å². The molecular formula is C20H20BClN2O4. The first-order chi connectivity index (χ1) is 13.3. The summed E-state index contributed by atoms with van der Waals surface area (Å²) >= 11 is 6.61. The molecule has 6 nitrogen and oxygen atoms in total. The molecule has 3 aromatic rings. The van der Waals surface area contributed by atoms with E-state index in [4.69, 9.17) is 25.6 Å². The van der Waals surface area contributed by atoms with E-state index in [-0.39, 0.29) is 11.4 Å². The zero-order valence-electron chi connectivity index (χ0n) is 15.9. The minimum absolute atomic E-state index is 0.0153. The number of ether oxygens (including phenoxy) is 1. The van der Waals surface area contributed by atoms with Crippen LogP contribution in [-0.4, -0.2) is 36.1 Å². The van der Waals surface area contributed by atoms with E-state index in [9.17, 15) is 4.79 Å². The highest BCUT2D eigenvalue weighted by atomic mass is 35.5. The lowest BCUT2D eigenvalue weighted by molar-refractivity contribution is -0.131. The van der Waals surface area contributed by atoms with Gasteiger partial charge in [-0.1, -0.05) is 31.5 Å². The summed E-state index contributed by atoms with van der Waals surface area (Å²) in [5.74, 6) is 0.111. The number of halogens is 1. The van der Waals surface area contributed by atoms with Crippen LogP contribution in [0.1, 0.15) is 20.8 Å². The molecule has 2 aromatic carbocycles. The molecule has 0 unspecified atom stereocenters. The van der Waals surface area contributed by atoms with Gasteiger partial charge in [0.15, 0.2) is 0 Å². The van der Waals surface area contributed by atoms with Gasteiger partial charge < -0.3 is 14.0 Å². The van der Waals surface area contributed by atoms with Crippen LogP contribution >= 0.6 is 11.6 Å². The molecule has 0 atom stereocenters. The van der Waals surface area contributed by atoms with E-state index in [1.54, 1.807) is 28.9 Å². The number of aromatic nitrogens is 2. The van der Waals surface area contributed by atoms with E-state index >= 15 is 0 Å². The molecule has 1 aliphatic rings. The predicted octanol–water partition coefficient (Wildman–Crippen LogP) is 3.37. The van der Waals surface area contributed by atoms with Crippen molar-refractivity contribution >= 4 is 41.1 Å². The highest BCUT2D eigenvalue weighted by molar-refractivity contribution is 6.61. The van der Waals surface area contributed by atoms with Crippen molar-refractivity contribution in [3.05, 3.63) is 47.6 Å². The molecule has 8 heteroatoms. The smallest absolute Gasteiger partial charge is 0.427 e. The number of carbonyl (C=O) groups excluding carboxylic acids is 1. The monoisotopic (exact) mass is 398 g/mol. The van der Waals surface area contributed by atoms with E-state index in [1.165, 1.54) is 6.92 Å². The van der Waals surface area contributed by atoms with E-state index in [0.29, 0.717) is 24.1 Å². The van der Waals surface area contributed by atoms with E-state index in [2.05, 4.69) is 18.9 Å². The maximum Gasteiger partial charge on any atom is 0.493 e. The molecule has 1 saturated heterocycles. The SMILES string of the molecule is CC(=O)Oc1ccc(-n2nc3ccc(B4OCC(C)(C)CO4)cc3c2Cl)cc1. The summed E-state index contributed by atoms with van der Waals surface area (Å²) in [6.45, 7) is 6.86. The number of fused-ring (bicyclic) bond motifs is 1. The van der Waals surface area contributed by atoms with Crippen molar-refractivity contribution in [3.8, 4) is 11.4 Å². The molecule has 1 fully saturated rings. The number of rotatable bonds is 3. The van der Waals surface area contributed by atoms with Crippen LogP contribution in [0, 0.1) is 5.41 Å². The molecule has 4 rings (SSSR count). The molecule has 0 aliphatic carbocycles. The van der Waals surface area contributed by atoms with Gasteiger partial charge in [-0.15, -0.1) is 0 Å². The van der Waals surface area contributed by atoms with Crippen molar-refractivity contribution < 1.29 is 18.8 Å². The Kier molecular flexibility index (Phi) is 4.91. The van der Waals surface area contributed by atoms with Crippen molar-refractivity contribution in [1.82, 2.24) is 9.78 Å². The molecule has 0 radical (unpaired) electrons. The van der Waals surface area contributed by atoms with Gasteiger partial charge in [-0.2, -0.15) is 5.10 Å². The highest BCUT2D eigenvalue weighted by Gasteiger charge is 2.33. The third-order valence-electron chi connectivity index (χ3n) is 4.50. The Balaban J connectivity index is 1.63. The number of benzene rings is 2. The number of nitrogens with zero attached hydrogens (tertiary/aromatic N) is 2. The minimum Gasteiger partial charge on any atom is -0.427 e. The summed E-state index contributed by atoms with van der Waals surface area (Å²) in [5, 5.41) is 5.89. The average molecular weight is 399 g/mol. The lowest BCUT2D eigenvalue weighted by Gasteiger charge is -2.33. The first-order valence-corrected chi connectivity index (χ1v) is 9.40. The summed E-state index contributed by atoms with van der Waals surface area (Å²) in [6, 6.07) is 12.8. The second-order valence-corrected chi connectivity index (χ2v) is 8.04. The Morgan fingerprint density at radius 2 is 1.86 bits per heavy atom. The van der Waals surface area contributed by atoms with Crippen LogP contribution in [0.3, 0.4) is 0 Å². The Morgan fingerprint density at radius 1 is 1.18 bits per heavy atom. The van der Waals surface area contributed by atoms with E-state index in [0.717, 1.165) is 22.1 Å². The van der Waals surface area contributed by atoms with Gasteiger partial charge in [-0.05, 0) is 41.9 Å². The molecule has 144 valence electrons. The topological polar surface area (TPSA) is 62.6 Å². The number of carbonyl (C=O) groups is 1. The standard InChI is InChI=1S/C20H20BClN2O4/c1-13(25)28-16-7-5-15(6-8-16)24-19(22)17-10-14(4-9-18(17)23-24)21-26-11-20(2,3)12-27-21/h4-10H,11-12H2,1-3H3. The van der Waals surface area contributed by atoms with Gasteiger partial charge in [0.05, 0.1) is 11.2 Å². The zero-order valence-corrected chi connectivity index (χ0v) is 16.7. The van der Waals surface area contributed by atoms with Crippen LogP contribution in [0.15, 0.2) is 42.5 Å². The van der Waals surface area contributed by atoms with Gasteiger partial charge in [-0.3, -0.25) is 4.79 Å². The lowest BCUT2D eigenvalue weighted by atomic mass is 9.75. The Bertz CT molecular complexity index is 1020. The summed E-state index contributed by atoms with van der Waals surface area (Å²) in [5.41, 5.74) is 2.47. The number of hydrogen-bond donors (Lipinski definition) is 0. The van der Waals surface area contributed by atoms with Crippen molar-refractivity contribution in [2.45, 2.75) is 20.8 Å². The van der Waals surface area contributed by atoms with Gasteiger partial charge >= 0.3 is 13.1 Å². The third-order valence-corrected chi connectivity index (χ3v) is 4.87. The van der Waals surface area contributed by atoms with Crippen molar-refractivity contribution in [2.75, 3.05) is 13.2 Å². The van der Waals surface area contributed by atoms with Gasteiger partial charge in [-0.25, -0.2) is 4.68 Å². The Morgan fingerprint density at radius 3 is 2.50 bits per heavy atom. The van der Waals surface area contributed by atoms with Crippen LogP contribution in [0.4, 0.5) is 0 Å². The van der Waals surface area contributed by atoms with Gasteiger partial charge in [0.2, 0.25) is 0 Å². The quantitative estimate of drug-likeness (QED) is 0.384. The van der Waals surface area contributed by atoms with E-state index in [1.807, 2.05) is 18.2 Å². The first-order valence-electron chi connectivity index (χ1n) is 9.03. The zero-order chi connectivity index (χ0) is 19.9. The maximum absolute atomic E-state index is 11.1. The number of hydrogen-bond acceptors (Lipinski definition) is 5. The fourth-order valence-corrected chi connectivity index (χ4v) is 3.38. The van der Waals surface area contributed by atoms with Gasteiger partial charge in [0.25, 0.3) is 0 Å². The average Bonchev–Trinajstić information content (AvgIpc) is 2.98. The maximum atomic E-state index is 11.1. The summed E-state index contributed by atoms with van der Waals surface area (Å²) < 4.78 is 18.5. The Labute approximate surface area is 168 Å². The molecule has 1 aromatic heterocycles. The number of esters is 1. The summed E-state index contributed by atoms with van der Waals surface area (Å²) in [6.07, 6.45) is 0. The predicted molar refractivity (Wildman–Crippen MR) is 108 cm³/mol. The molecule has 28 heavy (non-hydrogen) atoms. The van der Waals surface area contributed by atoms with Crippen molar-refractivity contribution in [1.29, 1.82) is 0 Å². The fraction of sp³-hybridized carbons (Fsp3) is 0.300. The largest absolute Gasteiger partial charge is 0.493 e. The molecule has 0 amide bonds. The molecule has 2 heterocycles. The molecule has 0 spiro atoms. The second-order valence-electron chi connectivity index (χ2n) is 7.68. The molecular weight excluding hydrogens is 378 g/mol. The highest BCUT2D eigenvalue weighted by Crippen LogP contribution is 2.27. The normalized spacial score (nSPS) is 16.4. The van der Waals surface area contributed by atoms with Crippen LogP contribution < -0.4 is 10.2 Å². The van der Waals surface area contributed by atoms with Gasteiger partial charge in [0, 0.05) is 30.9 Å². The third kappa shape index (κ3) is 3.78. The molecule has 1 aliphatic heterocycles. The molecule has 0 N–H and O–H groups in total. The molecule has 0 saturated carbocycles. The summed E-state index contributed by atoms with van der Waals surface area (Å²) in [7, 11) is -0.403. The second kappa shape index (κ2) is 7.24. The van der Waals surface area contributed by atoms with Crippen LogP contribution in [0.25, 0.3) is 16.6 Å². The van der Waals surface area contributed by atoms with E-state index < -0.39 is 7.12 Å². The van der Waals surface area contributed by atoms with Crippen molar-refractivity contribution in [3.63, 3.8) is 0 Å². The minimum atomic E-state index is -0.403. The van der Waals surface area contributed by atoms with Gasteiger partial charge in [0.1, 0.15) is 10.9 Å². The summed E-state index contributed by atoms with van der Waals surface area (Å²) in [4.78, 5) is 11.1.